The van der Waals surface area contributed by atoms with Gasteiger partial charge < -0.3 is 4.90 Å². The number of hydrogen-bond acceptors (Lipinski definition) is 3. The van der Waals surface area contributed by atoms with Gasteiger partial charge in [-0.2, -0.15) is 0 Å². The number of carbonyl (C=O) groups excluding carboxylic acids is 2. The lowest BCUT2D eigenvalue weighted by atomic mass is 10.1. The predicted molar refractivity (Wildman–Crippen MR) is 80.3 cm³/mol. The average Bonchev–Trinajstić information content (AvgIpc) is 2.36. The first-order valence-corrected chi connectivity index (χ1v) is 7.63. The molecule has 0 aromatic carbocycles. The third-order valence-electron chi connectivity index (χ3n) is 3.44. The van der Waals surface area contributed by atoms with Crippen LogP contribution in [0.3, 0.4) is 0 Å². The van der Waals surface area contributed by atoms with Crippen molar-refractivity contribution in [2.45, 2.75) is 60.3 Å². The van der Waals surface area contributed by atoms with E-state index >= 15 is 0 Å². The molecule has 0 saturated carbocycles. The summed E-state index contributed by atoms with van der Waals surface area (Å²) in [5, 5.41) is 0. The minimum Gasteiger partial charge on any atom is -0.302 e. The molecule has 0 aromatic rings. The van der Waals surface area contributed by atoms with Gasteiger partial charge in [0.2, 0.25) is 0 Å². The molecule has 0 heterocycles. The lowest BCUT2D eigenvalue weighted by molar-refractivity contribution is -0.122. The summed E-state index contributed by atoms with van der Waals surface area (Å²) in [6.45, 7) is 12.8. The SMILES string of the molecule is CCC(=O)CCN(CCC(=O)C(C)C)CCC(C)C. The number of nitrogens with zero attached hydrogens (tertiary/aromatic N) is 1. The van der Waals surface area contributed by atoms with E-state index < -0.39 is 0 Å². The molecule has 0 aliphatic carbocycles. The number of carbonyl (C=O) groups is 2. The van der Waals surface area contributed by atoms with Gasteiger partial charge in [0.1, 0.15) is 11.6 Å². The van der Waals surface area contributed by atoms with Crippen LogP contribution >= 0.6 is 0 Å². The molecule has 0 spiro atoms. The van der Waals surface area contributed by atoms with E-state index in [2.05, 4.69) is 18.7 Å². The molecule has 0 rings (SSSR count). The highest BCUT2D eigenvalue weighted by Gasteiger charge is 2.12. The van der Waals surface area contributed by atoms with Crippen molar-refractivity contribution in [1.82, 2.24) is 4.90 Å². The summed E-state index contributed by atoms with van der Waals surface area (Å²) in [7, 11) is 0. The maximum atomic E-state index is 11.7. The van der Waals surface area contributed by atoms with E-state index in [0.717, 1.165) is 26.1 Å². The first kappa shape index (κ1) is 18.3. The van der Waals surface area contributed by atoms with Gasteiger partial charge in [-0.3, -0.25) is 9.59 Å². The Morgan fingerprint density at radius 3 is 2.00 bits per heavy atom. The Bertz CT molecular complexity index is 272. The van der Waals surface area contributed by atoms with Crippen LogP contribution in [0.4, 0.5) is 0 Å². The summed E-state index contributed by atoms with van der Waals surface area (Å²) in [5.74, 6) is 1.40. The molecule has 0 amide bonds. The molecule has 112 valence electrons. The largest absolute Gasteiger partial charge is 0.302 e. The molecule has 0 unspecified atom stereocenters. The van der Waals surface area contributed by atoms with Gasteiger partial charge in [-0.05, 0) is 18.9 Å². The van der Waals surface area contributed by atoms with Crippen LogP contribution in [-0.2, 0) is 9.59 Å². The smallest absolute Gasteiger partial charge is 0.136 e. The summed E-state index contributed by atoms with van der Waals surface area (Å²) in [6, 6.07) is 0. The molecule has 0 aliphatic heterocycles. The van der Waals surface area contributed by atoms with Crippen LogP contribution in [0.1, 0.15) is 60.3 Å². The zero-order valence-electron chi connectivity index (χ0n) is 13.4. The third kappa shape index (κ3) is 9.83. The zero-order chi connectivity index (χ0) is 14.8. The van der Waals surface area contributed by atoms with Crippen LogP contribution in [0, 0.1) is 11.8 Å². The highest BCUT2D eigenvalue weighted by molar-refractivity contribution is 5.80. The van der Waals surface area contributed by atoms with E-state index in [4.69, 9.17) is 0 Å². The van der Waals surface area contributed by atoms with Crippen molar-refractivity contribution in [3.05, 3.63) is 0 Å². The Labute approximate surface area is 118 Å². The maximum Gasteiger partial charge on any atom is 0.136 e. The second-order valence-corrected chi connectivity index (χ2v) is 6.04. The standard InChI is InChI=1S/C16H31NO2/c1-6-15(18)8-11-17(10-7-13(2)3)12-9-16(19)14(4)5/h13-14H,6-12H2,1-5H3. The molecule has 0 atom stereocenters. The molecule has 0 N–H and O–H groups in total. The normalized spacial score (nSPS) is 11.6. The first-order valence-electron chi connectivity index (χ1n) is 7.63. The monoisotopic (exact) mass is 269 g/mol. The lowest BCUT2D eigenvalue weighted by Crippen LogP contribution is -2.31. The molecule has 0 aromatic heterocycles. The van der Waals surface area contributed by atoms with E-state index in [1.165, 1.54) is 0 Å². The molecule has 0 radical (unpaired) electrons. The molecule has 0 bridgehead atoms. The fourth-order valence-corrected chi connectivity index (χ4v) is 1.79. The van der Waals surface area contributed by atoms with Crippen molar-refractivity contribution in [2.24, 2.45) is 11.8 Å². The summed E-state index contributed by atoms with van der Waals surface area (Å²) in [5.41, 5.74) is 0. The minimum atomic E-state index is 0.115. The van der Waals surface area contributed by atoms with Gasteiger partial charge in [0.05, 0.1) is 0 Å². The van der Waals surface area contributed by atoms with Gasteiger partial charge >= 0.3 is 0 Å². The van der Waals surface area contributed by atoms with Crippen molar-refractivity contribution in [1.29, 1.82) is 0 Å². The van der Waals surface area contributed by atoms with E-state index in [1.807, 2.05) is 20.8 Å². The Balaban J connectivity index is 4.16. The number of ketones is 2. The van der Waals surface area contributed by atoms with Crippen LogP contribution < -0.4 is 0 Å². The molecular formula is C16H31NO2. The summed E-state index contributed by atoms with van der Waals surface area (Å²) in [6.07, 6.45) is 2.96. The van der Waals surface area contributed by atoms with Gasteiger partial charge in [-0.15, -0.1) is 0 Å². The van der Waals surface area contributed by atoms with Crippen LogP contribution in [0.25, 0.3) is 0 Å². The topological polar surface area (TPSA) is 37.4 Å². The summed E-state index contributed by atoms with van der Waals surface area (Å²) < 4.78 is 0. The fourth-order valence-electron chi connectivity index (χ4n) is 1.79. The van der Waals surface area contributed by atoms with Gasteiger partial charge in [0.15, 0.2) is 0 Å². The Kier molecular flexibility index (Phi) is 9.76. The van der Waals surface area contributed by atoms with Crippen LogP contribution in [0.2, 0.25) is 0 Å². The zero-order valence-corrected chi connectivity index (χ0v) is 13.4. The van der Waals surface area contributed by atoms with Crippen LogP contribution in [0.15, 0.2) is 0 Å². The van der Waals surface area contributed by atoms with Crippen molar-refractivity contribution in [3.8, 4) is 0 Å². The van der Waals surface area contributed by atoms with Crippen molar-refractivity contribution >= 4 is 11.6 Å². The van der Waals surface area contributed by atoms with E-state index in [0.29, 0.717) is 36.7 Å². The quantitative estimate of drug-likeness (QED) is 0.577. The highest BCUT2D eigenvalue weighted by Crippen LogP contribution is 2.06. The van der Waals surface area contributed by atoms with Gasteiger partial charge in [-0.25, -0.2) is 0 Å². The van der Waals surface area contributed by atoms with Gasteiger partial charge in [0.25, 0.3) is 0 Å². The maximum absolute atomic E-state index is 11.7. The van der Waals surface area contributed by atoms with E-state index in [-0.39, 0.29) is 5.92 Å². The van der Waals surface area contributed by atoms with Gasteiger partial charge in [-0.1, -0.05) is 34.6 Å². The number of hydrogen-bond donors (Lipinski definition) is 0. The molecule has 19 heavy (non-hydrogen) atoms. The minimum absolute atomic E-state index is 0.115. The number of Topliss-reactive ketones (excluding diaryl/α,β-unsaturated/α-hetero) is 2. The lowest BCUT2D eigenvalue weighted by Gasteiger charge is -2.23. The predicted octanol–water partition coefficient (Wildman–Crippen LogP) is 3.32. The Morgan fingerprint density at radius 1 is 0.947 bits per heavy atom. The third-order valence-corrected chi connectivity index (χ3v) is 3.44. The summed E-state index contributed by atoms with van der Waals surface area (Å²) in [4.78, 5) is 25.4. The first-order chi connectivity index (χ1) is 8.86. The molecule has 0 aliphatic rings. The van der Waals surface area contributed by atoms with E-state index in [9.17, 15) is 9.59 Å². The second kappa shape index (κ2) is 10.1. The number of rotatable bonds is 11. The fraction of sp³-hybridized carbons (Fsp3) is 0.875. The summed E-state index contributed by atoms with van der Waals surface area (Å²) >= 11 is 0. The van der Waals surface area contributed by atoms with Gasteiger partial charge in [0, 0.05) is 38.3 Å². The average molecular weight is 269 g/mol. The highest BCUT2D eigenvalue weighted by atomic mass is 16.1. The Morgan fingerprint density at radius 2 is 1.53 bits per heavy atom. The Hall–Kier alpha value is -0.700. The van der Waals surface area contributed by atoms with Crippen molar-refractivity contribution < 1.29 is 9.59 Å². The van der Waals surface area contributed by atoms with Crippen molar-refractivity contribution in [3.63, 3.8) is 0 Å². The van der Waals surface area contributed by atoms with Crippen molar-refractivity contribution in [2.75, 3.05) is 19.6 Å². The molecule has 0 fully saturated rings. The van der Waals surface area contributed by atoms with Crippen LogP contribution in [-0.4, -0.2) is 36.1 Å². The second-order valence-electron chi connectivity index (χ2n) is 6.04. The molecule has 3 nitrogen and oxygen atoms in total. The van der Waals surface area contributed by atoms with E-state index in [1.54, 1.807) is 0 Å². The molecular weight excluding hydrogens is 238 g/mol. The van der Waals surface area contributed by atoms with Crippen LogP contribution in [0.5, 0.6) is 0 Å². The molecule has 0 saturated heterocycles. The molecule has 3 heteroatoms.